The fourth-order valence-electron chi connectivity index (χ4n) is 5.37. The minimum absolute atomic E-state index is 0.654. The second kappa shape index (κ2) is 10.7. The lowest BCUT2D eigenvalue weighted by Gasteiger charge is -2.10. The first-order chi connectivity index (χ1) is 21.3. The Morgan fingerprint density at radius 2 is 0.884 bits per heavy atom. The lowest BCUT2D eigenvalue weighted by Crippen LogP contribution is -2.00. The predicted molar refractivity (Wildman–Crippen MR) is 178 cm³/mol. The molecule has 2 aromatic heterocycles. The van der Waals surface area contributed by atoms with Gasteiger partial charge in [0, 0.05) is 27.8 Å². The SMILES string of the molecule is c1ccc(-c2nc(-c3ccccc3)nc(-c3ccc4cc(-c5cccc6nc(-c7ccccc7)sc56)ccc4c3)n2)cc1. The molecule has 0 saturated carbocycles. The molecule has 0 fully saturated rings. The van der Waals surface area contributed by atoms with Crippen LogP contribution in [0, 0.1) is 0 Å². The molecule has 8 rings (SSSR count). The van der Waals surface area contributed by atoms with Gasteiger partial charge in [0.05, 0.1) is 10.2 Å². The monoisotopic (exact) mass is 568 g/mol. The number of nitrogens with zero attached hydrogens (tertiary/aromatic N) is 4. The van der Waals surface area contributed by atoms with Gasteiger partial charge in [-0.2, -0.15) is 0 Å². The normalized spacial score (nSPS) is 11.3. The Hall–Kier alpha value is -5.52. The fourth-order valence-corrected chi connectivity index (χ4v) is 6.48. The number of thiazole rings is 1. The molecule has 6 aromatic carbocycles. The van der Waals surface area contributed by atoms with Gasteiger partial charge in [-0.25, -0.2) is 19.9 Å². The zero-order valence-corrected chi connectivity index (χ0v) is 23.9. The largest absolute Gasteiger partial charge is 0.236 e. The summed E-state index contributed by atoms with van der Waals surface area (Å²) in [5.41, 5.74) is 7.41. The molecule has 8 aromatic rings. The van der Waals surface area contributed by atoms with E-state index in [1.807, 2.05) is 66.7 Å². The van der Waals surface area contributed by atoms with Crippen LogP contribution >= 0.6 is 11.3 Å². The van der Waals surface area contributed by atoms with E-state index < -0.39 is 0 Å². The average Bonchev–Trinajstić information content (AvgIpc) is 3.54. The van der Waals surface area contributed by atoms with Crippen molar-refractivity contribution in [2.24, 2.45) is 0 Å². The van der Waals surface area contributed by atoms with Crippen molar-refractivity contribution in [3.63, 3.8) is 0 Å². The Labute approximate surface area is 253 Å². The highest BCUT2D eigenvalue weighted by molar-refractivity contribution is 7.22. The molecule has 5 heteroatoms. The standard InChI is InChI=1S/C38H24N4S/c1-4-11-25(12-5-1)35-40-36(26-13-6-2-7-14-26)42-37(41-35)31-22-20-28-23-30(21-19-29(28)24-31)32-17-10-18-33-34(32)43-38(39-33)27-15-8-3-9-16-27/h1-24H. The molecule has 0 atom stereocenters. The van der Waals surface area contributed by atoms with E-state index in [4.69, 9.17) is 19.9 Å². The summed E-state index contributed by atoms with van der Waals surface area (Å²) in [6.07, 6.45) is 0. The Morgan fingerprint density at radius 1 is 0.372 bits per heavy atom. The number of aromatic nitrogens is 4. The van der Waals surface area contributed by atoms with Crippen molar-refractivity contribution in [2.45, 2.75) is 0 Å². The highest BCUT2D eigenvalue weighted by atomic mass is 32.1. The molecule has 0 aliphatic heterocycles. The average molecular weight is 569 g/mol. The van der Waals surface area contributed by atoms with Gasteiger partial charge in [0.1, 0.15) is 5.01 Å². The van der Waals surface area contributed by atoms with Gasteiger partial charge in [-0.3, -0.25) is 0 Å². The summed E-state index contributed by atoms with van der Waals surface area (Å²) in [6.45, 7) is 0. The first kappa shape index (κ1) is 25.2. The number of fused-ring (bicyclic) bond motifs is 2. The van der Waals surface area contributed by atoms with E-state index in [0.717, 1.165) is 43.6 Å². The van der Waals surface area contributed by atoms with Crippen LogP contribution in [0.3, 0.4) is 0 Å². The molecular formula is C38H24N4S. The Balaban J connectivity index is 1.20. The van der Waals surface area contributed by atoms with E-state index in [9.17, 15) is 0 Å². The first-order valence-corrected chi connectivity index (χ1v) is 15.0. The summed E-state index contributed by atoms with van der Waals surface area (Å²) in [6, 6.07) is 49.9. The third kappa shape index (κ3) is 4.86. The molecule has 0 bridgehead atoms. The van der Waals surface area contributed by atoms with Crippen molar-refractivity contribution in [3.05, 3.63) is 146 Å². The Bertz CT molecular complexity index is 2170. The molecular weight excluding hydrogens is 545 g/mol. The van der Waals surface area contributed by atoms with Crippen LogP contribution in [0.15, 0.2) is 146 Å². The third-order valence-corrected chi connectivity index (χ3v) is 8.70. The minimum Gasteiger partial charge on any atom is -0.236 e. The van der Waals surface area contributed by atoms with E-state index in [1.165, 1.54) is 15.8 Å². The quantitative estimate of drug-likeness (QED) is 0.207. The first-order valence-electron chi connectivity index (χ1n) is 14.1. The number of hydrogen-bond donors (Lipinski definition) is 0. The van der Waals surface area contributed by atoms with Crippen LogP contribution in [-0.4, -0.2) is 19.9 Å². The highest BCUT2D eigenvalue weighted by Gasteiger charge is 2.14. The van der Waals surface area contributed by atoms with Gasteiger partial charge in [0.15, 0.2) is 17.5 Å². The molecule has 0 spiro atoms. The van der Waals surface area contributed by atoms with Gasteiger partial charge in [-0.1, -0.05) is 127 Å². The zero-order valence-electron chi connectivity index (χ0n) is 23.1. The lowest BCUT2D eigenvalue weighted by atomic mass is 9.99. The van der Waals surface area contributed by atoms with Gasteiger partial charge >= 0.3 is 0 Å². The van der Waals surface area contributed by atoms with E-state index >= 15 is 0 Å². The van der Waals surface area contributed by atoms with Crippen molar-refractivity contribution in [2.75, 3.05) is 0 Å². The maximum absolute atomic E-state index is 4.93. The molecule has 0 unspecified atom stereocenters. The molecule has 0 N–H and O–H groups in total. The summed E-state index contributed by atoms with van der Waals surface area (Å²) >= 11 is 1.74. The van der Waals surface area contributed by atoms with Crippen molar-refractivity contribution < 1.29 is 0 Å². The molecule has 0 amide bonds. The van der Waals surface area contributed by atoms with E-state index in [2.05, 4.69) is 78.9 Å². The molecule has 43 heavy (non-hydrogen) atoms. The molecule has 202 valence electrons. The molecule has 4 nitrogen and oxygen atoms in total. The highest BCUT2D eigenvalue weighted by Crippen LogP contribution is 2.38. The molecule has 0 radical (unpaired) electrons. The summed E-state index contributed by atoms with van der Waals surface area (Å²) in [5, 5.41) is 3.33. The summed E-state index contributed by atoms with van der Waals surface area (Å²) in [5.74, 6) is 1.97. The summed E-state index contributed by atoms with van der Waals surface area (Å²) in [4.78, 5) is 19.6. The van der Waals surface area contributed by atoms with Crippen molar-refractivity contribution >= 4 is 32.3 Å². The smallest absolute Gasteiger partial charge is 0.164 e. The van der Waals surface area contributed by atoms with Crippen LogP contribution in [-0.2, 0) is 0 Å². The van der Waals surface area contributed by atoms with Crippen LogP contribution < -0.4 is 0 Å². The second-order valence-electron chi connectivity index (χ2n) is 10.4. The van der Waals surface area contributed by atoms with Crippen molar-refractivity contribution in [1.82, 2.24) is 19.9 Å². The van der Waals surface area contributed by atoms with Gasteiger partial charge in [-0.05, 0) is 34.5 Å². The fraction of sp³-hybridized carbons (Fsp3) is 0. The second-order valence-corrected chi connectivity index (χ2v) is 11.4. The van der Waals surface area contributed by atoms with Crippen LogP contribution in [0.4, 0.5) is 0 Å². The van der Waals surface area contributed by atoms with E-state index in [1.54, 1.807) is 11.3 Å². The third-order valence-electron chi connectivity index (χ3n) is 7.54. The van der Waals surface area contributed by atoms with E-state index in [-0.39, 0.29) is 0 Å². The topological polar surface area (TPSA) is 51.6 Å². The Kier molecular flexibility index (Phi) is 6.28. The zero-order chi connectivity index (χ0) is 28.6. The van der Waals surface area contributed by atoms with Crippen LogP contribution in [0.25, 0.3) is 76.9 Å². The molecule has 0 saturated heterocycles. The maximum atomic E-state index is 4.93. The molecule has 0 aliphatic rings. The van der Waals surface area contributed by atoms with Crippen LogP contribution in [0.2, 0.25) is 0 Å². The van der Waals surface area contributed by atoms with Crippen LogP contribution in [0.5, 0.6) is 0 Å². The maximum Gasteiger partial charge on any atom is 0.164 e. The summed E-state index contributed by atoms with van der Waals surface area (Å²) in [7, 11) is 0. The number of hydrogen-bond acceptors (Lipinski definition) is 5. The minimum atomic E-state index is 0.654. The number of rotatable bonds is 5. The predicted octanol–water partition coefficient (Wildman–Crippen LogP) is 9.97. The molecule has 2 heterocycles. The van der Waals surface area contributed by atoms with Gasteiger partial charge < -0.3 is 0 Å². The van der Waals surface area contributed by atoms with E-state index in [0.29, 0.717) is 17.5 Å². The number of benzene rings is 6. The lowest BCUT2D eigenvalue weighted by molar-refractivity contribution is 1.07. The Morgan fingerprint density at radius 3 is 1.49 bits per heavy atom. The summed E-state index contributed by atoms with van der Waals surface area (Å²) < 4.78 is 1.20. The molecule has 0 aliphatic carbocycles. The van der Waals surface area contributed by atoms with Gasteiger partial charge in [0.2, 0.25) is 0 Å². The van der Waals surface area contributed by atoms with Gasteiger partial charge in [-0.15, -0.1) is 11.3 Å². The van der Waals surface area contributed by atoms with Crippen molar-refractivity contribution in [1.29, 1.82) is 0 Å². The van der Waals surface area contributed by atoms with Gasteiger partial charge in [0.25, 0.3) is 0 Å². The van der Waals surface area contributed by atoms with Crippen molar-refractivity contribution in [3.8, 4) is 55.9 Å². The van der Waals surface area contributed by atoms with Crippen LogP contribution in [0.1, 0.15) is 0 Å².